The van der Waals surface area contributed by atoms with Gasteiger partial charge in [0.15, 0.2) is 3.95 Å². The van der Waals surface area contributed by atoms with Gasteiger partial charge in [0.1, 0.15) is 11.9 Å². The number of carbonyl (C=O) groups excluding carboxylic acids is 1. The van der Waals surface area contributed by atoms with E-state index >= 15 is 0 Å². The van der Waals surface area contributed by atoms with Crippen molar-refractivity contribution in [1.29, 1.82) is 0 Å². The van der Waals surface area contributed by atoms with Crippen LogP contribution in [0.25, 0.3) is 11.3 Å². The van der Waals surface area contributed by atoms with E-state index in [1.54, 1.807) is 18.3 Å². The number of hydrogen-bond donors (Lipinski definition) is 1. The van der Waals surface area contributed by atoms with E-state index in [0.717, 1.165) is 32.8 Å². The quantitative estimate of drug-likeness (QED) is 0.745. The smallest absolute Gasteiger partial charge is 0.159 e. The van der Waals surface area contributed by atoms with Gasteiger partial charge in [-0.25, -0.2) is 0 Å². The van der Waals surface area contributed by atoms with Crippen LogP contribution in [0.5, 0.6) is 5.75 Å². The monoisotopic (exact) mass is 334 g/mol. The van der Waals surface area contributed by atoms with Crippen LogP contribution >= 0.6 is 23.6 Å². The number of ether oxygens (including phenoxy) is 1. The summed E-state index contributed by atoms with van der Waals surface area (Å²) < 4.78 is 6.50. The number of aromatic nitrogens is 1. The lowest BCUT2D eigenvalue weighted by Gasteiger charge is -2.22. The van der Waals surface area contributed by atoms with Crippen molar-refractivity contribution in [3.63, 3.8) is 0 Å². The Kier molecular flexibility index (Phi) is 3.82. The first-order chi connectivity index (χ1) is 10.4. The topological polar surface area (TPSA) is 65.2 Å². The zero-order valence-electron chi connectivity index (χ0n) is 12.6. The third kappa shape index (κ3) is 2.36. The molecule has 1 aliphatic carbocycles. The van der Waals surface area contributed by atoms with Crippen molar-refractivity contribution in [3.8, 4) is 17.0 Å². The molecule has 1 atom stereocenters. The predicted octanol–water partition coefficient (Wildman–Crippen LogP) is 2.90. The van der Waals surface area contributed by atoms with Crippen LogP contribution < -0.4 is 9.84 Å². The molecule has 0 saturated carbocycles. The van der Waals surface area contributed by atoms with E-state index in [4.69, 9.17) is 17.0 Å². The van der Waals surface area contributed by atoms with Crippen molar-refractivity contribution in [3.05, 3.63) is 31.6 Å². The molecule has 6 heteroatoms. The summed E-state index contributed by atoms with van der Waals surface area (Å²) in [5, 5.41) is 11.1. The van der Waals surface area contributed by atoms with Gasteiger partial charge in [-0.3, -0.25) is 0 Å². The van der Waals surface area contributed by atoms with Crippen LogP contribution in [0.3, 0.4) is 0 Å². The number of aryl methyl sites for hydroxylation is 1. The predicted molar refractivity (Wildman–Crippen MR) is 86.9 cm³/mol. The molecule has 1 aromatic carbocycles. The Hall–Kier alpha value is -1.66. The van der Waals surface area contributed by atoms with E-state index in [2.05, 4.69) is 11.9 Å². The summed E-state index contributed by atoms with van der Waals surface area (Å²) in [4.78, 5) is 15.6. The Morgan fingerprint density at radius 1 is 1.55 bits per heavy atom. The Bertz CT molecular complexity index is 820. The first kappa shape index (κ1) is 15.2. The summed E-state index contributed by atoms with van der Waals surface area (Å²) in [6.07, 6.45) is 0.166. The second-order valence-electron chi connectivity index (χ2n) is 5.49. The molecule has 0 aliphatic heterocycles. The van der Waals surface area contributed by atoms with Crippen LogP contribution in [0.15, 0.2) is 6.07 Å². The molecule has 0 saturated heterocycles. The summed E-state index contributed by atoms with van der Waals surface area (Å²) in [5.74, 6) is -0.543. The van der Waals surface area contributed by atoms with Crippen molar-refractivity contribution >= 4 is 29.5 Å². The van der Waals surface area contributed by atoms with Gasteiger partial charge in [0, 0.05) is 22.4 Å². The van der Waals surface area contributed by atoms with Gasteiger partial charge in [-0.05, 0) is 49.7 Å². The SMILES string of the molecule is CCC(Oc1cc(C)c(C)c2c1Cc1sc(=S)[nH]c1-2)C(=O)[O-]. The van der Waals surface area contributed by atoms with Crippen LogP contribution in [0.2, 0.25) is 0 Å². The van der Waals surface area contributed by atoms with Crippen molar-refractivity contribution < 1.29 is 14.6 Å². The zero-order valence-corrected chi connectivity index (χ0v) is 14.2. The van der Waals surface area contributed by atoms with Crippen LogP contribution in [0, 0.1) is 17.8 Å². The number of benzene rings is 1. The van der Waals surface area contributed by atoms with E-state index in [1.807, 2.05) is 13.0 Å². The lowest BCUT2D eigenvalue weighted by atomic mass is 9.98. The maximum atomic E-state index is 11.1. The average molecular weight is 334 g/mol. The molecule has 1 N–H and O–H groups in total. The molecule has 116 valence electrons. The second kappa shape index (κ2) is 5.52. The van der Waals surface area contributed by atoms with E-state index in [9.17, 15) is 9.90 Å². The van der Waals surface area contributed by atoms with Gasteiger partial charge in [0.05, 0.1) is 11.7 Å². The first-order valence-corrected chi connectivity index (χ1v) is 8.37. The van der Waals surface area contributed by atoms with E-state index in [1.165, 1.54) is 10.4 Å². The normalized spacial score (nSPS) is 13.6. The molecule has 1 unspecified atom stereocenters. The van der Waals surface area contributed by atoms with Gasteiger partial charge in [0.2, 0.25) is 0 Å². The number of thiazole rings is 1. The van der Waals surface area contributed by atoms with Gasteiger partial charge in [-0.15, -0.1) is 11.3 Å². The van der Waals surface area contributed by atoms with E-state index in [-0.39, 0.29) is 0 Å². The molecule has 1 aliphatic rings. The minimum Gasteiger partial charge on any atom is -0.546 e. The molecule has 1 heterocycles. The largest absolute Gasteiger partial charge is 0.546 e. The first-order valence-electron chi connectivity index (χ1n) is 7.15. The molecule has 1 aromatic heterocycles. The Morgan fingerprint density at radius 2 is 2.27 bits per heavy atom. The summed E-state index contributed by atoms with van der Waals surface area (Å²) in [7, 11) is 0. The number of rotatable bonds is 4. The lowest BCUT2D eigenvalue weighted by molar-refractivity contribution is -0.313. The highest BCUT2D eigenvalue weighted by Crippen LogP contribution is 2.45. The van der Waals surface area contributed by atoms with Crippen molar-refractivity contribution in [2.24, 2.45) is 0 Å². The maximum Gasteiger partial charge on any atom is 0.159 e. The maximum absolute atomic E-state index is 11.1. The number of carboxylic acid groups (broad SMARTS) is 1. The molecule has 0 bridgehead atoms. The summed E-state index contributed by atoms with van der Waals surface area (Å²) in [6.45, 7) is 5.84. The van der Waals surface area contributed by atoms with Crippen LogP contribution in [0.4, 0.5) is 0 Å². The molecule has 2 aromatic rings. The Balaban J connectivity index is 2.13. The molecular weight excluding hydrogens is 318 g/mol. The standard InChI is InChI=1S/C16H17NO3S2/c1-4-10(15(18)19)20-11-5-7(2)8(3)13-9(11)6-12-14(13)17-16(21)22-12/h5,10H,4,6H2,1-3H3,(H,17,21)(H,18,19)/p-1. The van der Waals surface area contributed by atoms with Gasteiger partial charge in [-0.2, -0.15) is 0 Å². The number of H-pyrrole nitrogens is 1. The minimum absolute atomic E-state index is 0.369. The van der Waals surface area contributed by atoms with Crippen LogP contribution in [-0.4, -0.2) is 17.1 Å². The fourth-order valence-electron chi connectivity index (χ4n) is 2.86. The number of fused-ring (bicyclic) bond motifs is 3. The van der Waals surface area contributed by atoms with Crippen LogP contribution in [-0.2, 0) is 11.2 Å². The number of hydrogen-bond acceptors (Lipinski definition) is 5. The van der Waals surface area contributed by atoms with E-state index < -0.39 is 12.1 Å². The number of aromatic amines is 1. The highest BCUT2D eigenvalue weighted by atomic mass is 32.1. The zero-order chi connectivity index (χ0) is 16.0. The highest BCUT2D eigenvalue weighted by molar-refractivity contribution is 7.73. The van der Waals surface area contributed by atoms with E-state index in [0.29, 0.717) is 12.2 Å². The van der Waals surface area contributed by atoms with Crippen LogP contribution in [0.1, 0.15) is 34.9 Å². The number of carboxylic acids is 1. The summed E-state index contributed by atoms with van der Waals surface area (Å²) >= 11 is 6.79. The fourth-order valence-corrected chi connectivity index (χ4v) is 4.11. The summed E-state index contributed by atoms with van der Waals surface area (Å²) in [6, 6.07) is 1.92. The third-order valence-corrected chi connectivity index (χ3v) is 5.36. The van der Waals surface area contributed by atoms with Gasteiger partial charge >= 0.3 is 0 Å². The molecule has 0 amide bonds. The lowest BCUT2D eigenvalue weighted by Crippen LogP contribution is -2.39. The molecular formula is C16H16NO3S2-. The second-order valence-corrected chi connectivity index (χ2v) is 7.27. The molecule has 22 heavy (non-hydrogen) atoms. The van der Waals surface area contributed by atoms with Gasteiger partial charge in [-0.1, -0.05) is 6.92 Å². The molecule has 4 nitrogen and oxygen atoms in total. The molecule has 0 spiro atoms. The number of carbonyl (C=O) groups is 1. The summed E-state index contributed by atoms with van der Waals surface area (Å²) in [5.41, 5.74) is 5.44. The minimum atomic E-state index is -1.18. The molecule has 0 fully saturated rings. The molecule has 0 radical (unpaired) electrons. The Morgan fingerprint density at radius 3 is 2.91 bits per heavy atom. The number of aliphatic carboxylic acids is 1. The van der Waals surface area contributed by atoms with Crippen molar-refractivity contribution in [1.82, 2.24) is 4.98 Å². The Labute approximate surface area is 137 Å². The van der Waals surface area contributed by atoms with Gasteiger partial charge in [0.25, 0.3) is 0 Å². The molecule has 3 rings (SSSR count). The number of nitrogens with one attached hydrogen (secondary N) is 1. The fraction of sp³-hybridized carbons (Fsp3) is 0.375. The van der Waals surface area contributed by atoms with Gasteiger partial charge < -0.3 is 19.6 Å². The van der Waals surface area contributed by atoms with Crippen molar-refractivity contribution in [2.75, 3.05) is 0 Å². The highest BCUT2D eigenvalue weighted by Gasteiger charge is 2.28. The van der Waals surface area contributed by atoms with Crippen molar-refractivity contribution in [2.45, 2.75) is 39.7 Å². The average Bonchev–Trinajstić information content (AvgIpc) is 2.96. The third-order valence-electron chi connectivity index (χ3n) is 4.13.